The topological polar surface area (TPSA) is 63.4 Å². The van der Waals surface area contributed by atoms with E-state index in [4.69, 9.17) is 5.14 Å². The molecule has 0 aliphatic carbocycles. The lowest BCUT2D eigenvalue weighted by atomic mass is 10.0. The zero-order chi connectivity index (χ0) is 15.6. The molecule has 0 amide bonds. The molecule has 0 saturated carbocycles. The van der Waals surface area contributed by atoms with Gasteiger partial charge in [0.05, 0.1) is 4.90 Å². The summed E-state index contributed by atoms with van der Waals surface area (Å²) in [7, 11) is -3.73. The highest BCUT2D eigenvalue weighted by molar-refractivity contribution is 7.89. The molecule has 2 aromatic rings. The zero-order valence-corrected chi connectivity index (χ0v) is 13.2. The Hall–Kier alpha value is -1.69. The minimum absolute atomic E-state index is 0.174. The maximum Gasteiger partial charge on any atom is 0.238 e. The monoisotopic (exact) mass is 316 g/mol. The highest BCUT2D eigenvalue weighted by Crippen LogP contribution is 2.27. The molecule has 0 radical (unpaired) electrons. The van der Waals surface area contributed by atoms with Crippen LogP contribution in [-0.2, 0) is 16.6 Å². The van der Waals surface area contributed by atoms with Gasteiger partial charge < -0.3 is 0 Å². The van der Waals surface area contributed by atoms with Gasteiger partial charge in [-0.25, -0.2) is 13.6 Å². The third-order valence-electron chi connectivity index (χ3n) is 4.04. The van der Waals surface area contributed by atoms with E-state index < -0.39 is 10.0 Å². The fourth-order valence-electron chi connectivity index (χ4n) is 2.99. The van der Waals surface area contributed by atoms with Gasteiger partial charge in [0.15, 0.2) is 0 Å². The number of nitrogens with zero attached hydrogens (tertiary/aromatic N) is 1. The molecule has 0 atom stereocenters. The molecule has 1 heterocycles. The fraction of sp³-hybridized carbons (Fsp3) is 0.294. The molecule has 5 heteroatoms. The van der Waals surface area contributed by atoms with Crippen molar-refractivity contribution in [2.45, 2.75) is 24.3 Å². The normalized spacial score (nSPS) is 16.0. The number of sulfonamides is 1. The summed E-state index contributed by atoms with van der Waals surface area (Å²) in [4.78, 5) is 2.60. The SMILES string of the molecule is NS(=O)(=O)c1ccccc1-c1cccc(CN2CCCC2)c1. The van der Waals surface area contributed by atoms with Gasteiger partial charge in [0.25, 0.3) is 0 Å². The number of hydrogen-bond donors (Lipinski definition) is 1. The molecule has 116 valence electrons. The second kappa shape index (κ2) is 6.20. The third-order valence-corrected chi connectivity index (χ3v) is 5.01. The van der Waals surface area contributed by atoms with Crippen molar-refractivity contribution in [3.63, 3.8) is 0 Å². The summed E-state index contributed by atoms with van der Waals surface area (Å²) < 4.78 is 23.5. The van der Waals surface area contributed by atoms with Crippen molar-refractivity contribution < 1.29 is 8.42 Å². The smallest absolute Gasteiger partial charge is 0.238 e. The van der Waals surface area contributed by atoms with Crippen molar-refractivity contribution in [2.24, 2.45) is 5.14 Å². The number of rotatable bonds is 4. The van der Waals surface area contributed by atoms with Crippen molar-refractivity contribution in [3.05, 3.63) is 54.1 Å². The van der Waals surface area contributed by atoms with E-state index in [1.165, 1.54) is 18.4 Å². The lowest BCUT2D eigenvalue weighted by Crippen LogP contribution is -2.18. The van der Waals surface area contributed by atoms with Crippen LogP contribution in [-0.4, -0.2) is 26.4 Å². The van der Waals surface area contributed by atoms with Crippen molar-refractivity contribution in [1.29, 1.82) is 0 Å². The second-order valence-electron chi connectivity index (χ2n) is 5.72. The predicted molar refractivity (Wildman–Crippen MR) is 87.8 cm³/mol. The third kappa shape index (κ3) is 3.38. The Balaban J connectivity index is 1.96. The number of likely N-dealkylation sites (tertiary alicyclic amines) is 1. The van der Waals surface area contributed by atoms with E-state index >= 15 is 0 Å². The Kier molecular flexibility index (Phi) is 4.29. The average molecular weight is 316 g/mol. The van der Waals surface area contributed by atoms with Crippen LogP contribution >= 0.6 is 0 Å². The molecule has 1 saturated heterocycles. The maximum atomic E-state index is 11.8. The number of benzene rings is 2. The molecule has 0 unspecified atom stereocenters. The molecule has 4 nitrogen and oxygen atoms in total. The first kappa shape index (κ1) is 15.2. The number of primary sulfonamides is 1. The van der Waals surface area contributed by atoms with E-state index in [1.807, 2.05) is 18.2 Å². The Morgan fingerprint density at radius 2 is 1.73 bits per heavy atom. The quantitative estimate of drug-likeness (QED) is 0.943. The first-order valence-corrected chi connectivity index (χ1v) is 9.02. The lowest BCUT2D eigenvalue weighted by Gasteiger charge is -2.15. The molecule has 0 bridgehead atoms. The molecular formula is C17H20N2O2S. The van der Waals surface area contributed by atoms with Crippen LogP contribution in [0.1, 0.15) is 18.4 Å². The summed E-state index contributed by atoms with van der Waals surface area (Å²) in [6.45, 7) is 3.18. The Labute approximate surface area is 131 Å². The minimum Gasteiger partial charge on any atom is -0.299 e. The van der Waals surface area contributed by atoms with E-state index in [2.05, 4.69) is 17.0 Å². The van der Waals surface area contributed by atoms with Crippen LogP contribution in [0.4, 0.5) is 0 Å². The van der Waals surface area contributed by atoms with Crippen LogP contribution in [0.5, 0.6) is 0 Å². The standard InChI is InChI=1S/C17H20N2O2S/c18-22(20,21)17-9-2-1-8-16(17)15-7-5-6-14(12-15)13-19-10-3-4-11-19/h1-2,5-9,12H,3-4,10-11,13H2,(H2,18,20,21). The van der Waals surface area contributed by atoms with Gasteiger partial charge in [-0.2, -0.15) is 0 Å². The predicted octanol–water partition coefficient (Wildman–Crippen LogP) is 2.60. The first-order chi connectivity index (χ1) is 10.5. The number of nitrogens with two attached hydrogens (primary N) is 1. The van der Waals surface area contributed by atoms with Gasteiger partial charge in [-0.15, -0.1) is 0 Å². The fourth-order valence-corrected chi connectivity index (χ4v) is 3.75. The number of hydrogen-bond acceptors (Lipinski definition) is 3. The average Bonchev–Trinajstić information content (AvgIpc) is 3.00. The Morgan fingerprint density at radius 3 is 2.45 bits per heavy atom. The highest BCUT2D eigenvalue weighted by atomic mass is 32.2. The summed E-state index contributed by atoms with van der Waals surface area (Å²) in [6, 6.07) is 14.9. The molecule has 0 aromatic heterocycles. The van der Waals surface area contributed by atoms with Crippen molar-refractivity contribution in [2.75, 3.05) is 13.1 Å². The van der Waals surface area contributed by atoms with E-state index in [9.17, 15) is 8.42 Å². The summed E-state index contributed by atoms with van der Waals surface area (Å²) in [5.74, 6) is 0. The van der Waals surface area contributed by atoms with Crippen LogP contribution in [0.3, 0.4) is 0 Å². The van der Waals surface area contributed by atoms with E-state index in [0.29, 0.717) is 5.56 Å². The highest BCUT2D eigenvalue weighted by Gasteiger charge is 2.16. The summed E-state index contributed by atoms with van der Waals surface area (Å²) >= 11 is 0. The van der Waals surface area contributed by atoms with Gasteiger partial charge >= 0.3 is 0 Å². The van der Waals surface area contributed by atoms with Crippen LogP contribution in [0.25, 0.3) is 11.1 Å². The Bertz CT molecular complexity index is 766. The molecule has 3 rings (SSSR count). The molecule has 2 N–H and O–H groups in total. The van der Waals surface area contributed by atoms with Gasteiger partial charge in [-0.05, 0) is 49.2 Å². The van der Waals surface area contributed by atoms with Gasteiger partial charge in [0, 0.05) is 12.1 Å². The van der Waals surface area contributed by atoms with E-state index in [0.717, 1.165) is 25.2 Å². The van der Waals surface area contributed by atoms with Crippen LogP contribution in [0, 0.1) is 0 Å². The van der Waals surface area contributed by atoms with Crippen molar-refractivity contribution in [3.8, 4) is 11.1 Å². The zero-order valence-electron chi connectivity index (χ0n) is 12.4. The summed E-state index contributed by atoms with van der Waals surface area (Å²) in [5, 5.41) is 5.33. The minimum atomic E-state index is -3.73. The first-order valence-electron chi connectivity index (χ1n) is 7.47. The largest absolute Gasteiger partial charge is 0.299 e. The van der Waals surface area contributed by atoms with Crippen molar-refractivity contribution in [1.82, 2.24) is 4.90 Å². The van der Waals surface area contributed by atoms with Gasteiger partial charge in [-0.3, -0.25) is 4.90 Å². The molecule has 1 aliphatic rings. The van der Waals surface area contributed by atoms with Gasteiger partial charge in [0.1, 0.15) is 0 Å². The van der Waals surface area contributed by atoms with Crippen molar-refractivity contribution >= 4 is 10.0 Å². The molecule has 2 aromatic carbocycles. The van der Waals surface area contributed by atoms with Gasteiger partial charge in [0.2, 0.25) is 10.0 Å². The second-order valence-corrected chi connectivity index (χ2v) is 7.25. The summed E-state index contributed by atoms with van der Waals surface area (Å²) in [5.41, 5.74) is 2.75. The lowest BCUT2D eigenvalue weighted by molar-refractivity contribution is 0.331. The molecule has 1 fully saturated rings. The molecule has 1 aliphatic heterocycles. The van der Waals surface area contributed by atoms with Crippen LogP contribution in [0.2, 0.25) is 0 Å². The maximum absolute atomic E-state index is 11.8. The van der Waals surface area contributed by atoms with Crippen LogP contribution < -0.4 is 5.14 Å². The van der Waals surface area contributed by atoms with Gasteiger partial charge in [-0.1, -0.05) is 36.4 Å². The van der Waals surface area contributed by atoms with E-state index in [1.54, 1.807) is 18.2 Å². The molecule has 22 heavy (non-hydrogen) atoms. The molecular weight excluding hydrogens is 296 g/mol. The summed E-state index contributed by atoms with van der Waals surface area (Å²) in [6.07, 6.45) is 2.52. The molecule has 0 spiro atoms. The van der Waals surface area contributed by atoms with E-state index in [-0.39, 0.29) is 4.90 Å². The Morgan fingerprint density at radius 1 is 1.00 bits per heavy atom. The van der Waals surface area contributed by atoms with Crippen LogP contribution in [0.15, 0.2) is 53.4 Å².